The maximum Gasteiger partial charge on any atom is 0.229 e. The Kier molecular flexibility index (Phi) is 6.18. The minimum Gasteiger partial charge on any atom is -0.492 e. The zero-order valence-electron chi connectivity index (χ0n) is 18.2. The number of hydrogen-bond acceptors (Lipinski definition) is 7. The zero-order chi connectivity index (χ0) is 21.8. The van der Waals surface area contributed by atoms with Crippen LogP contribution in [0.15, 0.2) is 60.1 Å². The van der Waals surface area contributed by atoms with E-state index in [0.717, 1.165) is 41.7 Å². The lowest BCUT2D eigenvalue weighted by atomic mass is 10.2. The molecule has 1 aliphatic rings. The molecule has 2 aromatic carbocycles. The van der Waals surface area contributed by atoms with Gasteiger partial charge in [0.1, 0.15) is 18.2 Å². The summed E-state index contributed by atoms with van der Waals surface area (Å²) < 4.78 is 7.17. The highest BCUT2D eigenvalue weighted by atomic mass is 32.1. The second-order valence-electron chi connectivity index (χ2n) is 8.07. The Labute approximate surface area is 192 Å². The number of nitrogens with zero attached hydrogens (tertiary/aromatic N) is 3. The van der Waals surface area contributed by atoms with Crippen LogP contribution >= 0.6 is 11.3 Å². The van der Waals surface area contributed by atoms with Crippen LogP contribution < -0.4 is 15.4 Å². The van der Waals surface area contributed by atoms with Crippen LogP contribution in [0.4, 0.5) is 23.1 Å². The van der Waals surface area contributed by atoms with Gasteiger partial charge < -0.3 is 15.4 Å². The first-order valence-corrected chi connectivity index (χ1v) is 11.9. The summed E-state index contributed by atoms with van der Waals surface area (Å²) in [6, 6.07) is 16.4. The average molecular weight is 446 g/mol. The molecule has 0 bridgehead atoms. The molecule has 0 unspecified atom stereocenters. The SMILES string of the molecule is Cc1cnc(Nc2ccc(OCCN3CCCC3)cc2)nc1Nc1ccc2sccc2c1. The molecule has 0 radical (unpaired) electrons. The molecule has 1 saturated heterocycles. The average Bonchev–Trinajstić information content (AvgIpc) is 3.49. The lowest BCUT2D eigenvalue weighted by molar-refractivity contribution is 0.238. The van der Waals surface area contributed by atoms with Crippen LogP contribution in [0, 0.1) is 6.92 Å². The molecule has 0 spiro atoms. The van der Waals surface area contributed by atoms with Gasteiger partial charge in [-0.1, -0.05) is 0 Å². The van der Waals surface area contributed by atoms with Gasteiger partial charge in [0.25, 0.3) is 0 Å². The van der Waals surface area contributed by atoms with E-state index in [0.29, 0.717) is 5.95 Å². The third-order valence-corrected chi connectivity index (χ3v) is 6.57. The van der Waals surface area contributed by atoms with Crippen molar-refractivity contribution in [3.05, 3.63) is 65.7 Å². The Morgan fingerprint density at radius 2 is 1.81 bits per heavy atom. The van der Waals surface area contributed by atoms with Crippen LogP contribution in [0.1, 0.15) is 18.4 Å². The number of likely N-dealkylation sites (tertiary alicyclic amines) is 1. The molecule has 32 heavy (non-hydrogen) atoms. The summed E-state index contributed by atoms with van der Waals surface area (Å²) >= 11 is 1.75. The number of aryl methyl sites for hydroxylation is 1. The quantitative estimate of drug-likeness (QED) is 0.349. The molecule has 0 aliphatic carbocycles. The van der Waals surface area contributed by atoms with Gasteiger partial charge in [-0.15, -0.1) is 11.3 Å². The molecule has 0 saturated carbocycles. The van der Waals surface area contributed by atoms with Crippen LogP contribution in [0.2, 0.25) is 0 Å². The summed E-state index contributed by atoms with van der Waals surface area (Å²) in [5, 5.41) is 10.0. The Bertz CT molecular complexity index is 1180. The third-order valence-electron chi connectivity index (χ3n) is 5.67. The minimum absolute atomic E-state index is 0.553. The van der Waals surface area contributed by atoms with Crippen LogP contribution in [-0.4, -0.2) is 41.1 Å². The summed E-state index contributed by atoms with van der Waals surface area (Å²) in [6.07, 6.45) is 4.45. The topological polar surface area (TPSA) is 62.3 Å². The summed E-state index contributed by atoms with van der Waals surface area (Å²) in [4.78, 5) is 11.6. The first-order chi connectivity index (χ1) is 15.7. The molecule has 4 aromatic rings. The van der Waals surface area contributed by atoms with E-state index in [4.69, 9.17) is 4.74 Å². The lowest BCUT2D eigenvalue weighted by Crippen LogP contribution is -2.25. The third kappa shape index (κ3) is 5.00. The highest BCUT2D eigenvalue weighted by Crippen LogP contribution is 2.27. The summed E-state index contributed by atoms with van der Waals surface area (Å²) in [5.41, 5.74) is 2.92. The van der Waals surface area contributed by atoms with Crippen molar-refractivity contribution in [1.82, 2.24) is 14.9 Å². The fraction of sp³-hybridized carbons (Fsp3) is 0.280. The zero-order valence-corrected chi connectivity index (χ0v) is 19.0. The number of aromatic nitrogens is 2. The molecule has 0 atom stereocenters. The number of rotatable bonds is 8. The molecule has 3 heterocycles. The van der Waals surface area contributed by atoms with Crippen LogP contribution in [-0.2, 0) is 0 Å². The number of thiophene rings is 1. The number of fused-ring (bicyclic) bond motifs is 1. The maximum atomic E-state index is 5.89. The molecule has 0 amide bonds. The monoisotopic (exact) mass is 445 g/mol. The van der Waals surface area contributed by atoms with Gasteiger partial charge in [0.15, 0.2) is 0 Å². The van der Waals surface area contributed by atoms with Gasteiger partial charge >= 0.3 is 0 Å². The van der Waals surface area contributed by atoms with Crippen molar-refractivity contribution in [2.45, 2.75) is 19.8 Å². The fourth-order valence-corrected chi connectivity index (χ4v) is 4.64. The van der Waals surface area contributed by atoms with E-state index >= 15 is 0 Å². The highest BCUT2D eigenvalue weighted by molar-refractivity contribution is 7.17. The van der Waals surface area contributed by atoms with E-state index in [-0.39, 0.29) is 0 Å². The fourth-order valence-electron chi connectivity index (χ4n) is 3.87. The van der Waals surface area contributed by atoms with E-state index in [2.05, 4.69) is 55.1 Å². The summed E-state index contributed by atoms with van der Waals surface area (Å²) in [5.74, 6) is 2.22. The molecule has 7 heteroatoms. The van der Waals surface area contributed by atoms with Crippen LogP contribution in [0.5, 0.6) is 5.75 Å². The maximum absolute atomic E-state index is 5.89. The van der Waals surface area contributed by atoms with Crippen molar-refractivity contribution < 1.29 is 4.74 Å². The molecule has 2 N–H and O–H groups in total. The standard InChI is InChI=1S/C25H27N5OS/c1-18-17-26-25(29-24(18)27-21-6-9-23-19(16-21)10-15-32-23)28-20-4-7-22(8-5-20)31-14-13-30-11-2-3-12-30/h4-10,15-17H,2-3,11-14H2,1H3,(H2,26,27,28,29). The van der Waals surface area contributed by atoms with Gasteiger partial charge in [0.05, 0.1) is 0 Å². The van der Waals surface area contributed by atoms with Crippen molar-refractivity contribution >= 4 is 44.6 Å². The normalized spacial score (nSPS) is 14.0. The molecular formula is C25H27N5OS. The second kappa shape index (κ2) is 9.54. The largest absolute Gasteiger partial charge is 0.492 e. The predicted octanol–water partition coefficient (Wildman–Crippen LogP) is 5.96. The molecular weight excluding hydrogens is 418 g/mol. The first-order valence-electron chi connectivity index (χ1n) is 11.0. The molecule has 164 valence electrons. The lowest BCUT2D eigenvalue weighted by Gasteiger charge is -2.15. The minimum atomic E-state index is 0.553. The van der Waals surface area contributed by atoms with E-state index in [9.17, 15) is 0 Å². The predicted molar refractivity (Wildman–Crippen MR) is 133 cm³/mol. The van der Waals surface area contributed by atoms with E-state index in [1.165, 1.54) is 36.0 Å². The Balaban J connectivity index is 1.21. The molecule has 1 aliphatic heterocycles. The Morgan fingerprint density at radius 3 is 2.66 bits per heavy atom. The number of hydrogen-bond donors (Lipinski definition) is 2. The van der Waals surface area contributed by atoms with Crippen molar-refractivity contribution in [3.8, 4) is 5.75 Å². The molecule has 5 rings (SSSR count). The van der Waals surface area contributed by atoms with Crippen molar-refractivity contribution in [3.63, 3.8) is 0 Å². The van der Waals surface area contributed by atoms with Crippen molar-refractivity contribution in [2.24, 2.45) is 0 Å². The van der Waals surface area contributed by atoms with Gasteiger partial charge in [0, 0.05) is 34.4 Å². The number of nitrogens with one attached hydrogen (secondary N) is 2. The number of benzene rings is 2. The van der Waals surface area contributed by atoms with Crippen LogP contribution in [0.3, 0.4) is 0 Å². The smallest absolute Gasteiger partial charge is 0.229 e. The van der Waals surface area contributed by atoms with E-state index < -0.39 is 0 Å². The summed E-state index contributed by atoms with van der Waals surface area (Å²) in [6.45, 7) is 6.11. The highest BCUT2D eigenvalue weighted by Gasteiger charge is 2.11. The molecule has 2 aromatic heterocycles. The second-order valence-corrected chi connectivity index (χ2v) is 9.02. The number of anilines is 4. The Hall–Kier alpha value is -3.16. The van der Waals surface area contributed by atoms with Gasteiger partial charge in [-0.25, -0.2) is 4.98 Å². The van der Waals surface area contributed by atoms with Gasteiger partial charge in [-0.05, 0) is 92.2 Å². The van der Waals surface area contributed by atoms with Gasteiger partial charge in [0.2, 0.25) is 5.95 Å². The van der Waals surface area contributed by atoms with Crippen LogP contribution in [0.25, 0.3) is 10.1 Å². The van der Waals surface area contributed by atoms with Gasteiger partial charge in [-0.2, -0.15) is 4.98 Å². The summed E-state index contributed by atoms with van der Waals surface area (Å²) in [7, 11) is 0. The number of ether oxygens (including phenoxy) is 1. The molecule has 6 nitrogen and oxygen atoms in total. The van der Waals surface area contributed by atoms with Gasteiger partial charge in [-0.3, -0.25) is 4.90 Å². The first kappa shape index (κ1) is 20.7. The molecule has 1 fully saturated rings. The van der Waals surface area contributed by atoms with E-state index in [1.54, 1.807) is 11.3 Å². The Morgan fingerprint density at radius 1 is 1.00 bits per heavy atom. The van der Waals surface area contributed by atoms with Crippen molar-refractivity contribution in [1.29, 1.82) is 0 Å². The van der Waals surface area contributed by atoms with E-state index in [1.807, 2.05) is 37.4 Å². The van der Waals surface area contributed by atoms with Crippen molar-refractivity contribution in [2.75, 3.05) is 36.9 Å².